The lowest BCUT2D eigenvalue weighted by atomic mass is 9.89. The average Bonchev–Trinajstić information content (AvgIpc) is 2.42. The van der Waals surface area contributed by atoms with Crippen LogP contribution in [0.2, 0.25) is 0 Å². The quantitative estimate of drug-likeness (QED) is 0.924. The molecule has 22 heavy (non-hydrogen) atoms. The topological polar surface area (TPSA) is 54.3 Å². The summed E-state index contributed by atoms with van der Waals surface area (Å²) in [5.74, 6) is -0.163. The standard InChI is InChI=1S/C17H27N3O2/c1-12(2)20-8-6-17(4,7-9-20)18-16(22)15-11-14(21)10-13(3)19(15)5/h10-12H,6-9H2,1-5H3,(H,18,22). The van der Waals surface area contributed by atoms with Crippen LogP contribution in [-0.4, -0.2) is 40.0 Å². The number of aryl methyl sites for hydroxylation is 1. The van der Waals surface area contributed by atoms with Gasteiger partial charge in [-0.3, -0.25) is 9.59 Å². The third-order valence-electron chi connectivity index (χ3n) is 4.80. The summed E-state index contributed by atoms with van der Waals surface area (Å²) in [6.07, 6.45) is 1.85. The molecule has 0 unspecified atom stereocenters. The Kier molecular flexibility index (Phi) is 4.75. The average molecular weight is 305 g/mol. The number of hydrogen-bond donors (Lipinski definition) is 1. The van der Waals surface area contributed by atoms with Crippen molar-refractivity contribution >= 4 is 5.91 Å². The fourth-order valence-corrected chi connectivity index (χ4v) is 2.98. The number of nitrogens with one attached hydrogen (secondary N) is 1. The molecule has 0 atom stereocenters. The molecule has 0 radical (unpaired) electrons. The van der Waals surface area contributed by atoms with Crippen molar-refractivity contribution in [1.82, 2.24) is 14.8 Å². The molecule has 1 aromatic rings. The third-order valence-corrected chi connectivity index (χ3v) is 4.80. The number of nitrogens with zero attached hydrogens (tertiary/aromatic N) is 2. The highest BCUT2D eigenvalue weighted by Crippen LogP contribution is 2.23. The van der Waals surface area contributed by atoms with Gasteiger partial charge in [0, 0.05) is 49.5 Å². The van der Waals surface area contributed by atoms with Gasteiger partial charge >= 0.3 is 0 Å². The first-order chi connectivity index (χ1) is 10.2. The molecule has 0 spiro atoms. The van der Waals surface area contributed by atoms with Crippen molar-refractivity contribution in [2.24, 2.45) is 7.05 Å². The molecule has 1 aliphatic rings. The van der Waals surface area contributed by atoms with Crippen molar-refractivity contribution < 1.29 is 4.79 Å². The van der Waals surface area contributed by atoms with Gasteiger partial charge in [-0.05, 0) is 40.5 Å². The molecule has 1 aromatic heterocycles. The maximum absolute atomic E-state index is 12.6. The van der Waals surface area contributed by atoms with Gasteiger partial charge in [0.05, 0.1) is 0 Å². The highest BCUT2D eigenvalue weighted by atomic mass is 16.2. The van der Waals surface area contributed by atoms with Crippen molar-refractivity contribution in [3.63, 3.8) is 0 Å². The minimum Gasteiger partial charge on any atom is -0.346 e. The van der Waals surface area contributed by atoms with Gasteiger partial charge in [-0.2, -0.15) is 0 Å². The smallest absolute Gasteiger partial charge is 0.268 e. The van der Waals surface area contributed by atoms with Crippen LogP contribution in [0.25, 0.3) is 0 Å². The van der Waals surface area contributed by atoms with Crippen LogP contribution < -0.4 is 10.7 Å². The maximum atomic E-state index is 12.6. The van der Waals surface area contributed by atoms with Crippen LogP contribution in [0.5, 0.6) is 0 Å². The Morgan fingerprint density at radius 2 is 1.86 bits per heavy atom. The number of hydrogen-bond acceptors (Lipinski definition) is 3. The number of pyridine rings is 1. The van der Waals surface area contributed by atoms with Gasteiger partial charge < -0.3 is 14.8 Å². The van der Waals surface area contributed by atoms with E-state index in [0.717, 1.165) is 31.6 Å². The predicted octanol–water partition coefficient (Wildman–Crippen LogP) is 1.69. The van der Waals surface area contributed by atoms with Crippen molar-refractivity contribution in [2.45, 2.75) is 52.1 Å². The Bertz CT molecular complexity index is 611. The van der Waals surface area contributed by atoms with E-state index in [0.29, 0.717) is 11.7 Å². The summed E-state index contributed by atoms with van der Waals surface area (Å²) in [7, 11) is 1.81. The molecule has 5 nitrogen and oxygen atoms in total. The monoisotopic (exact) mass is 305 g/mol. The lowest BCUT2D eigenvalue weighted by molar-refractivity contribution is 0.0793. The second-order valence-corrected chi connectivity index (χ2v) is 6.92. The zero-order valence-corrected chi connectivity index (χ0v) is 14.3. The first kappa shape index (κ1) is 16.7. The van der Waals surface area contributed by atoms with Crippen molar-refractivity contribution in [3.8, 4) is 0 Å². The maximum Gasteiger partial charge on any atom is 0.268 e. The molecule has 1 aliphatic heterocycles. The molecule has 0 saturated carbocycles. The van der Waals surface area contributed by atoms with Gasteiger partial charge in [0.2, 0.25) is 0 Å². The van der Waals surface area contributed by atoms with Crippen molar-refractivity contribution in [3.05, 3.63) is 33.7 Å². The Hall–Kier alpha value is -1.62. The number of carbonyl (C=O) groups excluding carboxylic acids is 1. The Morgan fingerprint density at radius 1 is 1.27 bits per heavy atom. The summed E-state index contributed by atoms with van der Waals surface area (Å²) in [5, 5.41) is 3.14. The van der Waals surface area contributed by atoms with E-state index in [1.165, 1.54) is 6.07 Å². The summed E-state index contributed by atoms with van der Waals surface area (Å²) in [5.41, 5.74) is 0.887. The molecule has 1 amide bonds. The molecular formula is C17H27N3O2. The van der Waals surface area contributed by atoms with Gasteiger partial charge in [-0.1, -0.05) is 0 Å². The summed E-state index contributed by atoms with van der Waals surface area (Å²) >= 11 is 0. The summed E-state index contributed by atoms with van der Waals surface area (Å²) in [6.45, 7) is 10.3. The molecule has 1 fully saturated rings. The van der Waals surface area contributed by atoms with Gasteiger partial charge in [0.25, 0.3) is 5.91 Å². The summed E-state index contributed by atoms with van der Waals surface area (Å²) in [6, 6.07) is 3.49. The second-order valence-electron chi connectivity index (χ2n) is 6.92. The molecule has 0 aliphatic carbocycles. The SMILES string of the molecule is Cc1cc(=O)cc(C(=O)NC2(C)CCN(C(C)C)CC2)n1C. The zero-order chi connectivity index (χ0) is 16.5. The van der Waals surface area contributed by atoms with Crippen molar-refractivity contribution in [1.29, 1.82) is 0 Å². The zero-order valence-electron chi connectivity index (χ0n) is 14.3. The molecule has 5 heteroatoms. The lowest BCUT2D eigenvalue weighted by Gasteiger charge is -2.41. The van der Waals surface area contributed by atoms with E-state index in [2.05, 4.69) is 31.0 Å². The minimum atomic E-state index is -0.206. The number of aromatic nitrogens is 1. The van der Waals surface area contributed by atoms with E-state index in [-0.39, 0.29) is 16.9 Å². The first-order valence-electron chi connectivity index (χ1n) is 7.96. The lowest BCUT2D eigenvalue weighted by Crippen LogP contribution is -2.54. The summed E-state index contributed by atoms with van der Waals surface area (Å²) in [4.78, 5) is 26.7. The normalized spacial score (nSPS) is 18.5. The number of piperidine rings is 1. The van der Waals surface area contributed by atoms with Crippen LogP contribution in [0, 0.1) is 6.92 Å². The van der Waals surface area contributed by atoms with E-state index in [1.54, 1.807) is 10.6 Å². The van der Waals surface area contributed by atoms with E-state index in [9.17, 15) is 9.59 Å². The number of rotatable bonds is 3. The summed E-state index contributed by atoms with van der Waals surface area (Å²) < 4.78 is 1.77. The Labute approximate surface area is 132 Å². The van der Waals surface area contributed by atoms with Gasteiger partial charge in [0.15, 0.2) is 5.43 Å². The minimum absolute atomic E-state index is 0.125. The highest BCUT2D eigenvalue weighted by molar-refractivity contribution is 5.93. The van der Waals surface area contributed by atoms with E-state index in [1.807, 2.05) is 14.0 Å². The molecule has 0 aromatic carbocycles. The molecular weight excluding hydrogens is 278 g/mol. The van der Waals surface area contributed by atoms with Crippen LogP contribution in [0.4, 0.5) is 0 Å². The van der Waals surface area contributed by atoms with Gasteiger partial charge in [-0.15, -0.1) is 0 Å². The Morgan fingerprint density at radius 3 is 2.41 bits per heavy atom. The van der Waals surface area contributed by atoms with E-state index < -0.39 is 0 Å². The molecule has 122 valence electrons. The van der Waals surface area contributed by atoms with Gasteiger partial charge in [-0.25, -0.2) is 0 Å². The molecule has 0 bridgehead atoms. The number of carbonyl (C=O) groups is 1. The van der Waals surface area contributed by atoms with Gasteiger partial charge in [0.1, 0.15) is 5.69 Å². The van der Waals surface area contributed by atoms with E-state index >= 15 is 0 Å². The largest absolute Gasteiger partial charge is 0.346 e. The van der Waals surface area contributed by atoms with Crippen molar-refractivity contribution in [2.75, 3.05) is 13.1 Å². The Balaban J connectivity index is 2.11. The third kappa shape index (κ3) is 3.58. The molecule has 2 rings (SSSR count). The number of likely N-dealkylation sites (tertiary alicyclic amines) is 1. The van der Waals surface area contributed by atoms with Crippen LogP contribution in [0.1, 0.15) is 49.8 Å². The predicted molar refractivity (Wildman–Crippen MR) is 88.2 cm³/mol. The van der Waals surface area contributed by atoms with Crippen LogP contribution in [0.15, 0.2) is 16.9 Å². The molecule has 1 N–H and O–H groups in total. The number of amides is 1. The fourth-order valence-electron chi connectivity index (χ4n) is 2.98. The van der Waals surface area contributed by atoms with Crippen LogP contribution >= 0.6 is 0 Å². The van der Waals surface area contributed by atoms with Crippen LogP contribution in [-0.2, 0) is 7.05 Å². The second kappa shape index (κ2) is 6.24. The van der Waals surface area contributed by atoms with E-state index in [4.69, 9.17) is 0 Å². The fraction of sp³-hybridized carbons (Fsp3) is 0.647. The first-order valence-corrected chi connectivity index (χ1v) is 7.96. The molecule has 1 saturated heterocycles. The highest BCUT2D eigenvalue weighted by Gasteiger charge is 2.32. The molecule has 2 heterocycles. The van der Waals surface area contributed by atoms with Crippen LogP contribution in [0.3, 0.4) is 0 Å².